The fourth-order valence-corrected chi connectivity index (χ4v) is 5.29. The molecule has 0 saturated heterocycles. The number of esters is 1. The maximum atomic E-state index is 13.5. The molecule has 1 aliphatic heterocycles. The second kappa shape index (κ2) is 10.4. The van der Waals surface area contributed by atoms with Gasteiger partial charge in [-0.3, -0.25) is 4.79 Å². The lowest BCUT2D eigenvalue weighted by atomic mass is 9.70. The van der Waals surface area contributed by atoms with Gasteiger partial charge in [0, 0.05) is 44.6 Å². The van der Waals surface area contributed by atoms with Crippen LogP contribution >= 0.6 is 34.8 Å². The normalized spacial score (nSPS) is 19.1. The van der Waals surface area contributed by atoms with E-state index in [1.54, 1.807) is 43.3 Å². The summed E-state index contributed by atoms with van der Waals surface area (Å²) in [4.78, 5) is 26.5. The van der Waals surface area contributed by atoms with Gasteiger partial charge in [-0.05, 0) is 42.7 Å². The third-order valence-electron chi connectivity index (χ3n) is 6.17. The van der Waals surface area contributed by atoms with Crippen LogP contribution in [0.3, 0.4) is 0 Å². The summed E-state index contributed by atoms with van der Waals surface area (Å²) in [5, 5.41) is 1.30. The van der Waals surface area contributed by atoms with Gasteiger partial charge in [0.05, 0.1) is 12.5 Å². The van der Waals surface area contributed by atoms with Gasteiger partial charge in [-0.15, -0.1) is 0 Å². The minimum atomic E-state index is -0.883. The summed E-state index contributed by atoms with van der Waals surface area (Å²) in [6.07, 6.45) is 0.765. The fourth-order valence-electron chi connectivity index (χ4n) is 4.60. The highest BCUT2D eigenvalue weighted by molar-refractivity contribution is 6.36. The topological polar surface area (TPSA) is 87.9 Å². The van der Waals surface area contributed by atoms with E-state index in [1.165, 1.54) is 0 Å². The first-order chi connectivity index (χ1) is 17.0. The van der Waals surface area contributed by atoms with E-state index in [0.717, 1.165) is 0 Å². The SMILES string of the molecule is CCOC(=O)C1=C(N)OC2=C(C(=O)CC(C)(C)C2)C1c1cc(Cl)ccc1OCc1c(Cl)cccc1Cl. The summed E-state index contributed by atoms with van der Waals surface area (Å²) in [6.45, 7) is 5.83. The van der Waals surface area contributed by atoms with Crippen LogP contribution in [-0.2, 0) is 25.7 Å². The van der Waals surface area contributed by atoms with Gasteiger partial charge < -0.3 is 19.9 Å². The lowest BCUT2D eigenvalue weighted by Gasteiger charge is -2.38. The Morgan fingerprint density at radius 1 is 1.14 bits per heavy atom. The number of benzene rings is 2. The largest absolute Gasteiger partial charge is 0.488 e. The summed E-state index contributed by atoms with van der Waals surface area (Å²) in [7, 11) is 0. The average molecular weight is 551 g/mol. The van der Waals surface area contributed by atoms with Gasteiger partial charge in [-0.2, -0.15) is 0 Å². The molecule has 36 heavy (non-hydrogen) atoms. The van der Waals surface area contributed by atoms with Gasteiger partial charge in [0.2, 0.25) is 5.88 Å². The molecular formula is C27H26Cl3NO5. The minimum absolute atomic E-state index is 0.0338. The second-order valence-corrected chi connectivity index (χ2v) is 10.7. The van der Waals surface area contributed by atoms with Crippen LogP contribution in [0.25, 0.3) is 0 Å². The Morgan fingerprint density at radius 3 is 2.50 bits per heavy atom. The van der Waals surface area contributed by atoms with E-state index in [4.69, 9.17) is 54.7 Å². The van der Waals surface area contributed by atoms with Crippen molar-refractivity contribution in [3.8, 4) is 5.75 Å². The Kier molecular flexibility index (Phi) is 7.60. The zero-order chi connectivity index (χ0) is 26.2. The fraction of sp³-hybridized carbons (Fsp3) is 0.333. The predicted molar refractivity (Wildman–Crippen MR) is 139 cm³/mol. The molecule has 1 unspecified atom stereocenters. The third-order valence-corrected chi connectivity index (χ3v) is 7.11. The molecule has 0 amide bonds. The number of carbonyl (C=O) groups is 2. The molecule has 0 aromatic heterocycles. The van der Waals surface area contributed by atoms with Crippen molar-refractivity contribution >= 4 is 46.6 Å². The van der Waals surface area contributed by atoms with E-state index in [1.807, 2.05) is 13.8 Å². The molecule has 2 N–H and O–H groups in total. The van der Waals surface area contributed by atoms with Crippen molar-refractivity contribution < 1.29 is 23.8 Å². The van der Waals surface area contributed by atoms with E-state index < -0.39 is 11.9 Å². The predicted octanol–water partition coefficient (Wildman–Crippen LogP) is 6.72. The Morgan fingerprint density at radius 2 is 1.83 bits per heavy atom. The number of carbonyl (C=O) groups excluding carboxylic acids is 2. The van der Waals surface area contributed by atoms with Crippen molar-refractivity contribution in [3.05, 3.63) is 85.4 Å². The maximum Gasteiger partial charge on any atom is 0.340 e. The minimum Gasteiger partial charge on any atom is -0.488 e. The molecule has 0 bridgehead atoms. The first-order valence-corrected chi connectivity index (χ1v) is 12.6. The quantitative estimate of drug-likeness (QED) is 0.402. The summed E-state index contributed by atoms with van der Waals surface area (Å²) < 4.78 is 17.3. The molecule has 1 heterocycles. The lowest BCUT2D eigenvalue weighted by molar-refractivity contribution is -0.139. The number of ether oxygens (including phenoxy) is 3. The number of Topliss-reactive ketones (excluding diaryl/α,β-unsaturated/α-hetero) is 1. The Hall–Kier alpha value is -2.67. The molecule has 2 aliphatic rings. The molecule has 2 aromatic rings. The van der Waals surface area contributed by atoms with Gasteiger partial charge >= 0.3 is 5.97 Å². The number of nitrogens with two attached hydrogens (primary N) is 1. The molecule has 0 radical (unpaired) electrons. The van der Waals surface area contributed by atoms with Crippen LogP contribution in [0.5, 0.6) is 5.75 Å². The Labute approximate surface area is 224 Å². The molecule has 9 heteroatoms. The molecule has 1 aliphatic carbocycles. The third kappa shape index (κ3) is 5.22. The highest BCUT2D eigenvalue weighted by Crippen LogP contribution is 2.50. The summed E-state index contributed by atoms with van der Waals surface area (Å²) in [5.41, 5.74) is 7.43. The highest BCUT2D eigenvalue weighted by Gasteiger charge is 2.46. The lowest BCUT2D eigenvalue weighted by Crippen LogP contribution is -2.35. The van der Waals surface area contributed by atoms with Crippen LogP contribution in [0.4, 0.5) is 0 Å². The van der Waals surface area contributed by atoms with Gasteiger partial charge in [0.15, 0.2) is 5.78 Å². The second-order valence-electron chi connectivity index (χ2n) is 9.48. The number of allylic oxidation sites excluding steroid dienone is 2. The number of ketones is 1. The summed E-state index contributed by atoms with van der Waals surface area (Å²) in [5.74, 6) is -0.979. The van der Waals surface area contributed by atoms with Crippen LogP contribution in [0.2, 0.25) is 15.1 Å². The van der Waals surface area contributed by atoms with E-state index in [2.05, 4.69) is 0 Å². The Bertz CT molecular complexity index is 1280. The van der Waals surface area contributed by atoms with Crippen molar-refractivity contribution in [2.45, 2.75) is 46.1 Å². The van der Waals surface area contributed by atoms with Crippen LogP contribution < -0.4 is 10.5 Å². The summed E-state index contributed by atoms with van der Waals surface area (Å²) in [6, 6.07) is 10.2. The van der Waals surface area contributed by atoms with Gasteiger partial charge in [-0.1, -0.05) is 54.7 Å². The smallest absolute Gasteiger partial charge is 0.340 e. The van der Waals surface area contributed by atoms with Gasteiger partial charge in [0.1, 0.15) is 23.7 Å². The first kappa shape index (κ1) is 26.4. The van der Waals surface area contributed by atoms with E-state index >= 15 is 0 Å². The van der Waals surface area contributed by atoms with Crippen molar-refractivity contribution in [1.82, 2.24) is 0 Å². The van der Waals surface area contributed by atoms with Crippen LogP contribution in [0.15, 0.2) is 59.2 Å². The first-order valence-electron chi connectivity index (χ1n) is 11.5. The number of rotatable bonds is 6. The highest BCUT2D eigenvalue weighted by atomic mass is 35.5. The zero-order valence-corrected chi connectivity index (χ0v) is 22.4. The van der Waals surface area contributed by atoms with Crippen molar-refractivity contribution in [2.24, 2.45) is 11.1 Å². The van der Waals surface area contributed by atoms with Crippen LogP contribution in [0, 0.1) is 5.41 Å². The van der Waals surface area contributed by atoms with E-state index in [-0.39, 0.29) is 42.3 Å². The molecule has 0 spiro atoms. The van der Waals surface area contributed by atoms with Crippen molar-refractivity contribution in [2.75, 3.05) is 6.61 Å². The number of hydrogen-bond acceptors (Lipinski definition) is 6. The van der Waals surface area contributed by atoms with Crippen molar-refractivity contribution in [3.63, 3.8) is 0 Å². The van der Waals surface area contributed by atoms with Crippen LogP contribution in [0.1, 0.15) is 50.7 Å². The molecule has 1 atom stereocenters. The number of halogens is 3. The monoisotopic (exact) mass is 549 g/mol. The molecule has 2 aromatic carbocycles. The molecular weight excluding hydrogens is 525 g/mol. The van der Waals surface area contributed by atoms with Gasteiger partial charge in [0.25, 0.3) is 0 Å². The zero-order valence-electron chi connectivity index (χ0n) is 20.1. The van der Waals surface area contributed by atoms with E-state index in [9.17, 15) is 9.59 Å². The summed E-state index contributed by atoms with van der Waals surface area (Å²) >= 11 is 19.0. The molecule has 190 valence electrons. The van der Waals surface area contributed by atoms with E-state index in [0.29, 0.717) is 49.7 Å². The Balaban J connectivity index is 1.85. The van der Waals surface area contributed by atoms with Gasteiger partial charge in [-0.25, -0.2) is 4.79 Å². The average Bonchev–Trinajstić information content (AvgIpc) is 2.77. The standard InChI is InChI=1S/C27H26Cl3NO5/c1-4-34-26(33)24-22(23-19(32)11-27(2,3)12-21(23)36-25(24)31)15-10-14(28)8-9-20(15)35-13-16-17(29)6-5-7-18(16)30/h5-10,22H,4,11-13,31H2,1-3H3. The number of hydrogen-bond donors (Lipinski definition) is 1. The molecule has 6 nitrogen and oxygen atoms in total. The molecule has 4 rings (SSSR count). The maximum absolute atomic E-state index is 13.5. The molecule has 0 fully saturated rings. The van der Waals surface area contributed by atoms with Crippen molar-refractivity contribution in [1.29, 1.82) is 0 Å². The molecule has 0 saturated carbocycles. The van der Waals surface area contributed by atoms with Crippen LogP contribution in [-0.4, -0.2) is 18.4 Å².